The van der Waals surface area contributed by atoms with Gasteiger partial charge in [0.25, 0.3) is 5.69 Å². The number of nitro benzene ring substituents is 1. The normalized spacial score (nSPS) is 9.89. The van der Waals surface area contributed by atoms with Crippen LogP contribution in [0, 0.1) is 10.1 Å². The molecule has 0 spiro atoms. The Bertz CT molecular complexity index is 598. The lowest BCUT2D eigenvalue weighted by atomic mass is 10.2. The minimum Gasteiger partial charge on any atom is -0.399 e. The Hall–Kier alpha value is -2.96. The average Bonchev–Trinajstić information content (AvgIpc) is 2.40. The van der Waals surface area contributed by atoms with E-state index in [0.717, 1.165) is 0 Å². The van der Waals surface area contributed by atoms with Gasteiger partial charge in [0.15, 0.2) is 0 Å². The van der Waals surface area contributed by atoms with E-state index in [4.69, 9.17) is 11.5 Å². The van der Waals surface area contributed by atoms with Crippen molar-refractivity contribution in [1.82, 2.24) is 0 Å². The zero-order valence-electron chi connectivity index (χ0n) is 9.96. The van der Waals surface area contributed by atoms with Crippen molar-refractivity contribution in [3.8, 4) is 0 Å². The highest BCUT2D eigenvalue weighted by Crippen LogP contribution is 2.22. The highest BCUT2D eigenvalue weighted by atomic mass is 16.6. The Morgan fingerprint density at radius 2 is 1.68 bits per heavy atom. The maximum Gasteiger partial charge on any atom is 0.269 e. The fraction of sp³-hybridized carbons (Fsp3) is 0. The number of nitrogens with one attached hydrogen (secondary N) is 2. The van der Waals surface area contributed by atoms with Crippen LogP contribution in [0.1, 0.15) is 0 Å². The number of benzene rings is 2. The molecular weight excluding hydrogens is 246 g/mol. The molecule has 2 aromatic rings. The fourth-order valence-electron chi connectivity index (χ4n) is 1.49. The Balaban J connectivity index is 2.06. The Labute approximate surface area is 109 Å². The van der Waals surface area contributed by atoms with Crippen LogP contribution in [0.4, 0.5) is 28.4 Å². The predicted octanol–water partition coefficient (Wildman–Crippen LogP) is 2.20. The van der Waals surface area contributed by atoms with Gasteiger partial charge in [-0.15, -0.1) is 0 Å². The van der Waals surface area contributed by atoms with Crippen LogP contribution in [0.3, 0.4) is 0 Å². The molecule has 7 heteroatoms. The van der Waals surface area contributed by atoms with Crippen molar-refractivity contribution < 1.29 is 4.92 Å². The number of hydrogen-bond acceptors (Lipinski definition) is 6. The smallest absolute Gasteiger partial charge is 0.269 e. The maximum atomic E-state index is 10.5. The molecule has 0 aromatic heterocycles. The molecule has 0 unspecified atom stereocenters. The van der Waals surface area contributed by atoms with Gasteiger partial charge in [-0.3, -0.25) is 15.5 Å². The number of hydrogen-bond donors (Lipinski definition) is 4. The third kappa shape index (κ3) is 3.03. The van der Waals surface area contributed by atoms with Gasteiger partial charge in [-0.05, 0) is 30.3 Å². The standard InChI is InChI=1S/C12H13N5O2/c13-8-1-6-11(14)12(7-8)16-15-9-2-4-10(5-3-9)17(18)19/h1-7,15-16H,13-14H2. The minimum absolute atomic E-state index is 0.0361. The monoisotopic (exact) mass is 259 g/mol. The molecular formula is C12H13N5O2. The fourth-order valence-corrected chi connectivity index (χ4v) is 1.49. The first-order chi connectivity index (χ1) is 9.06. The van der Waals surface area contributed by atoms with Crippen molar-refractivity contribution >= 4 is 28.4 Å². The lowest BCUT2D eigenvalue weighted by Gasteiger charge is -2.12. The molecule has 0 fully saturated rings. The second-order valence-electron chi connectivity index (χ2n) is 3.90. The van der Waals surface area contributed by atoms with E-state index in [9.17, 15) is 10.1 Å². The first-order valence-corrected chi connectivity index (χ1v) is 5.48. The van der Waals surface area contributed by atoms with E-state index in [1.54, 1.807) is 30.3 Å². The molecule has 0 saturated heterocycles. The quantitative estimate of drug-likeness (QED) is 0.379. The number of nitro groups is 1. The maximum absolute atomic E-state index is 10.5. The molecule has 0 heterocycles. The van der Waals surface area contributed by atoms with Gasteiger partial charge in [0.2, 0.25) is 0 Å². The molecule has 98 valence electrons. The van der Waals surface area contributed by atoms with Crippen LogP contribution >= 0.6 is 0 Å². The molecule has 0 radical (unpaired) electrons. The molecule has 2 rings (SSSR count). The largest absolute Gasteiger partial charge is 0.399 e. The van der Waals surface area contributed by atoms with Crippen molar-refractivity contribution in [1.29, 1.82) is 0 Å². The van der Waals surface area contributed by atoms with E-state index < -0.39 is 4.92 Å². The van der Waals surface area contributed by atoms with Crippen LogP contribution in [-0.4, -0.2) is 4.92 Å². The van der Waals surface area contributed by atoms with Crippen molar-refractivity contribution in [3.63, 3.8) is 0 Å². The number of hydrazine groups is 1. The number of rotatable bonds is 4. The zero-order valence-corrected chi connectivity index (χ0v) is 9.96. The van der Waals surface area contributed by atoms with E-state index in [2.05, 4.69) is 10.9 Å². The zero-order chi connectivity index (χ0) is 13.8. The molecule has 0 aliphatic rings. The van der Waals surface area contributed by atoms with Gasteiger partial charge in [0, 0.05) is 17.8 Å². The van der Waals surface area contributed by atoms with Crippen molar-refractivity contribution in [3.05, 3.63) is 52.6 Å². The molecule has 7 nitrogen and oxygen atoms in total. The molecule has 2 aromatic carbocycles. The summed E-state index contributed by atoms with van der Waals surface area (Å²) in [5, 5.41) is 10.5. The SMILES string of the molecule is Nc1ccc(N)c(NNc2ccc([N+](=O)[O-])cc2)c1. The third-order valence-electron chi connectivity index (χ3n) is 2.50. The highest BCUT2D eigenvalue weighted by molar-refractivity contribution is 5.72. The van der Waals surface area contributed by atoms with Gasteiger partial charge in [0.1, 0.15) is 0 Å². The van der Waals surface area contributed by atoms with Gasteiger partial charge in [-0.2, -0.15) is 0 Å². The molecule has 0 amide bonds. The summed E-state index contributed by atoms with van der Waals surface area (Å²) in [6, 6.07) is 11.1. The molecule has 0 saturated carbocycles. The van der Waals surface area contributed by atoms with Crippen molar-refractivity contribution in [2.75, 3.05) is 22.3 Å². The number of nitrogens with zero attached hydrogens (tertiary/aromatic N) is 1. The Morgan fingerprint density at radius 1 is 1.00 bits per heavy atom. The van der Waals surface area contributed by atoms with Gasteiger partial charge < -0.3 is 16.9 Å². The third-order valence-corrected chi connectivity index (χ3v) is 2.50. The second-order valence-corrected chi connectivity index (χ2v) is 3.90. The summed E-state index contributed by atoms with van der Waals surface area (Å²) in [5.74, 6) is 0. The molecule has 0 aliphatic carbocycles. The summed E-state index contributed by atoms with van der Waals surface area (Å²) in [5.41, 5.74) is 19.7. The molecule has 6 N–H and O–H groups in total. The first kappa shape index (κ1) is 12.5. The number of nitrogens with two attached hydrogens (primary N) is 2. The summed E-state index contributed by atoms with van der Waals surface area (Å²) in [7, 11) is 0. The van der Waals surface area contributed by atoms with Gasteiger partial charge in [-0.1, -0.05) is 0 Å². The predicted molar refractivity (Wildman–Crippen MR) is 75.6 cm³/mol. The van der Waals surface area contributed by atoms with Crippen LogP contribution in [0.5, 0.6) is 0 Å². The van der Waals surface area contributed by atoms with E-state index in [-0.39, 0.29) is 5.69 Å². The number of non-ortho nitro benzene ring substituents is 1. The second kappa shape index (κ2) is 5.13. The Kier molecular flexibility index (Phi) is 3.37. The molecule has 19 heavy (non-hydrogen) atoms. The van der Waals surface area contributed by atoms with E-state index in [0.29, 0.717) is 22.7 Å². The van der Waals surface area contributed by atoms with Crippen LogP contribution in [-0.2, 0) is 0 Å². The summed E-state index contributed by atoms with van der Waals surface area (Å²) in [4.78, 5) is 10.1. The van der Waals surface area contributed by atoms with Crippen LogP contribution in [0.2, 0.25) is 0 Å². The first-order valence-electron chi connectivity index (χ1n) is 5.48. The lowest BCUT2D eigenvalue weighted by molar-refractivity contribution is -0.384. The van der Waals surface area contributed by atoms with Crippen LogP contribution in [0.25, 0.3) is 0 Å². The summed E-state index contributed by atoms with van der Waals surface area (Å²) < 4.78 is 0. The minimum atomic E-state index is -0.451. The summed E-state index contributed by atoms with van der Waals surface area (Å²) in [6.45, 7) is 0. The topological polar surface area (TPSA) is 119 Å². The highest BCUT2D eigenvalue weighted by Gasteiger charge is 2.04. The Morgan fingerprint density at radius 3 is 2.32 bits per heavy atom. The van der Waals surface area contributed by atoms with E-state index in [1.807, 2.05) is 0 Å². The molecule has 0 bridgehead atoms. The van der Waals surface area contributed by atoms with Gasteiger partial charge in [0.05, 0.1) is 22.0 Å². The molecule has 0 atom stereocenters. The van der Waals surface area contributed by atoms with Crippen LogP contribution < -0.4 is 22.3 Å². The number of anilines is 4. The van der Waals surface area contributed by atoms with Crippen molar-refractivity contribution in [2.24, 2.45) is 0 Å². The van der Waals surface area contributed by atoms with Gasteiger partial charge in [-0.25, -0.2) is 0 Å². The van der Waals surface area contributed by atoms with Crippen LogP contribution in [0.15, 0.2) is 42.5 Å². The van der Waals surface area contributed by atoms with E-state index in [1.165, 1.54) is 12.1 Å². The molecule has 0 aliphatic heterocycles. The lowest BCUT2D eigenvalue weighted by Crippen LogP contribution is -2.10. The number of nitrogen functional groups attached to an aromatic ring is 2. The summed E-state index contributed by atoms with van der Waals surface area (Å²) >= 11 is 0. The van der Waals surface area contributed by atoms with E-state index >= 15 is 0 Å². The average molecular weight is 259 g/mol. The van der Waals surface area contributed by atoms with Crippen molar-refractivity contribution in [2.45, 2.75) is 0 Å². The summed E-state index contributed by atoms with van der Waals surface area (Å²) in [6.07, 6.45) is 0. The van der Waals surface area contributed by atoms with Gasteiger partial charge >= 0.3 is 0 Å².